The number of para-hydroxylation sites is 1. The number of ether oxygens (including phenoxy) is 3. The Morgan fingerprint density at radius 3 is 2.29 bits per heavy atom. The van der Waals surface area contributed by atoms with Crippen LogP contribution in [0.15, 0.2) is 60.8 Å². The van der Waals surface area contributed by atoms with Crippen LogP contribution in [0.25, 0.3) is 22.0 Å². The van der Waals surface area contributed by atoms with Crippen molar-refractivity contribution in [1.82, 2.24) is 9.97 Å². The highest BCUT2D eigenvalue weighted by Gasteiger charge is 2.12. The molecule has 0 saturated carbocycles. The Morgan fingerprint density at radius 1 is 0.871 bits per heavy atom. The lowest BCUT2D eigenvalue weighted by atomic mass is 10.0. The summed E-state index contributed by atoms with van der Waals surface area (Å²) >= 11 is 0. The van der Waals surface area contributed by atoms with Crippen molar-refractivity contribution in [2.75, 3.05) is 26.6 Å². The number of nitrogens with zero attached hydrogens (tertiary/aromatic N) is 2. The molecular formula is C24H21N3O4. The predicted molar refractivity (Wildman–Crippen MR) is 120 cm³/mol. The van der Waals surface area contributed by atoms with Gasteiger partial charge in [0, 0.05) is 34.8 Å². The molecule has 0 aliphatic carbocycles. The summed E-state index contributed by atoms with van der Waals surface area (Å²) in [6.07, 6.45) is 2.52. The van der Waals surface area contributed by atoms with Gasteiger partial charge in [-0.15, -0.1) is 0 Å². The van der Waals surface area contributed by atoms with Gasteiger partial charge in [-0.1, -0.05) is 18.2 Å². The Balaban J connectivity index is 1.81. The first-order chi connectivity index (χ1) is 15.1. The van der Waals surface area contributed by atoms with Crippen LogP contribution in [0.1, 0.15) is 10.4 Å². The van der Waals surface area contributed by atoms with E-state index in [0.29, 0.717) is 34.4 Å². The van der Waals surface area contributed by atoms with Crippen LogP contribution in [0.2, 0.25) is 0 Å². The van der Waals surface area contributed by atoms with Crippen molar-refractivity contribution in [2.24, 2.45) is 0 Å². The average Bonchev–Trinajstić information content (AvgIpc) is 2.83. The molecule has 1 aromatic heterocycles. The fourth-order valence-electron chi connectivity index (χ4n) is 3.31. The Kier molecular flexibility index (Phi) is 5.66. The number of aldehydes is 1. The van der Waals surface area contributed by atoms with Gasteiger partial charge < -0.3 is 19.5 Å². The number of rotatable bonds is 7. The standard InChI is InChI=1S/C24H21N3O4/c1-29-18-8-7-16(14-28)22(12-18)26-24-25-13-15-5-4-6-21(23(15)27-24)17-9-19(30-2)11-20(10-17)31-3/h4-14H,1-3H3,(H,25,26,27). The lowest BCUT2D eigenvalue weighted by Crippen LogP contribution is -2.01. The summed E-state index contributed by atoms with van der Waals surface area (Å²) in [5.74, 6) is 2.36. The second-order valence-electron chi connectivity index (χ2n) is 6.73. The van der Waals surface area contributed by atoms with Crippen LogP contribution in [-0.2, 0) is 0 Å². The van der Waals surface area contributed by atoms with E-state index in [1.165, 1.54) is 0 Å². The van der Waals surface area contributed by atoms with Gasteiger partial charge in [0.25, 0.3) is 0 Å². The monoisotopic (exact) mass is 415 g/mol. The third-order valence-electron chi connectivity index (χ3n) is 4.91. The second-order valence-corrected chi connectivity index (χ2v) is 6.73. The van der Waals surface area contributed by atoms with Crippen molar-refractivity contribution >= 4 is 28.8 Å². The molecule has 4 aromatic rings. The minimum absolute atomic E-state index is 0.367. The van der Waals surface area contributed by atoms with Crippen LogP contribution >= 0.6 is 0 Å². The number of aromatic nitrogens is 2. The van der Waals surface area contributed by atoms with Gasteiger partial charge in [-0.2, -0.15) is 0 Å². The zero-order chi connectivity index (χ0) is 21.8. The fourth-order valence-corrected chi connectivity index (χ4v) is 3.31. The molecule has 7 heteroatoms. The first kappa shape index (κ1) is 20.2. The Labute approximate surface area is 179 Å². The van der Waals surface area contributed by atoms with Crippen molar-refractivity contribution < 1.29 is 19.0 Å². The molecule has 0 saturated heterocycles. The summed E-state index contributed by atoms with van der Waals surface area (Å²) in [4.78, 5) is 20.6. The molecule has 0 fully saturated rings. The lowest BCUT2D eigenvalue weighted by molar-refractivity contribution is 0.112. The molecule has 0 aliphatic rings. The number of nitrogens with one attached hydrogen (secondary N) is 1. The van der Waals surface area contributed by atoms with E-state index in [4.69, 9.17) is 19.2 Å². The summed E-state index contributed by atoms with van der Waals surface area (Å²) in [5.41, 5.74) is 3.61. The van der Waals surface area contributed by atoms with Crippen LogP contribution in [0.4, 0.5) is 11.6 Å². The van der Waals surface area contributed by atoms with Gasteiger partial charge in [0.05, 0.1) is 32.5 Å². The summed E-state index contributed by atoms with van der Waals surface area (Å²) in [7, 11) is 4.80. The molecule has 0 atom stereocenters. The molecule has 0 aliphatic heterocycles. The number of fused-ring (bicyclic) bond motifs is 1. The van der Waals surface area contributed by atoms with E-state index in [1.807, 2.05) is 36.4 Å². The number of hydrogen-bond donors (Lipinski definition) is 1. The van der Waals surface area contributed by atoms with Crippen molar-refractivity contribution in [3.63, 3.8) is 0 Å². The molecule has 7 nitrogen and oxygen atoms in total. The Morgan fingerprint density at radius 2 is 1.61 bits per heavy atom. The van der Waals surface area contributed by atoms with Gasteiger partial charge in [-0.3, -0.25) is 4.79 Å². The number of anilines is 2. The Bertz CT molecular complexity index is 1230. The van der Waals surface area contributed by atoms with Gasteiger partial charge in [-0.25, -0.2) is 9.97 Å². The first-order valence-electron chi connectivity index (χ1n) is 9.54. The Hall–Kier alpha value is -4.13. The minimum atomic E-state index is 0.367. The molecule has 156 valence electrons. The number of hydrogen-bond acceptors (Lipinski definition) is 7. The van der Waals surface area contributed by atoms with E-state index in [0.717, 1.165) is 28.3 Å². The third kappa shape index (κ3) is 4.11. The maximum atomic E-state index is 11.4. The van der Waals surface area contributed by atoms with Crippen molar-refractivity contribution in [2.45, 2.75) is 0 Å². The van der Waals surface area contributed by atoms with E-state index < -0.39 is 0 Å². The predicted octanol–water partition coefficient (Wildman–Crippen LogP) is 4.88. The largest absolute Gasteiger partial charge is 0.497 e. The third-order valence-corrected chi connectivity index (χ3v) is 4.91. The maximum Gasteiger partial charge on any atom is 0.227 e. The zero-order valence-electron chi connectivity index (χ0n) is 17.4. The minimum Gasteiger partial charge on any atom is -0.497 e. The van der Waals surface area contributed by atoms with Crippen LogP contribution < -0.4 is 19.5 Å². The van der Waals surface area contributed by atoms with E-state index in [-0.39, 0.29) is 0 Å². The number of carbonyl (C=O) groups excluding carboxylic acids is 1. The van der Waals surface area contributed by atoms with Crippen LogP contribution in [0, 0.1) is 0 Å². The van der Waals surface area contributed by atoms with Crippen LogP contribution in [0.5, 0.6) is 17.2 Å². The molecule has 0 amide bonds. The molecule has 31 heavy (non-hydrogen) atoms. The number of methoxy groups -OCH3 is 3. The highest BCUT2D eigenvalue weighted by Crippen LogP contribution is 2.34. The van der Waals surface area contributed by atoms with Crippen LogP contribution in [0.3, 0.4) is 0 Å². The van der Waals surface area contributed by atoms with Crippen molar-refractivity contribution in [3.05, 3.63) is 66.4 Å². The average molecular weight is 415 g/mol. The van der Waals surface area contributed by atoms with Crippen molar-refractivity contribution in [1.29, 1.82) is 0 Å². The SMILES string of the molecule is COc1cc(OC)cc(-c2cccc3cnc(Nc4cc(OC)ccc4C=O)nc23)c1. The summed E-state index contributed by atoms with van der Waals surface area (Å²) in [5, 5.41) is 4.01. The van der Waals surface area contributed by atoms with Gasteiger partial charge in [0.15, 0.2) is 6.29 Å². The molecule has 0 spiro atoms. The number of carbonyl (C=O) groups is 1. The van der Waals surface area contributed by atoms with Gasteiger partial charge >= 0.3 is 0 Å². The number of benzene rings is 3. The molecule has 1 N–H and O–H groups in total. The quantitative estimate of drug-likeness (QED) is 0.431. The van der Waals surface area contributed by atoms with Gasteiger partial charge in [-0.05, 0) is 29.8 Å². The van der Waals surface area contributed by atoms with E-state index in [2.05, 4.69) is 10.3 Å². The fraction of sp³-hybridized carbons (Fsp3) is 0.125. The maximum absolute atomic E-state index is 11.4. The molecule has 3 aromatic carbocycles. The highest BCUT2D eigenvalue weighted by molar-refractivity contribution is 5.94. The van der Waals surface area contributed by atoms with Crippen LogP contribution in [-0.4, -0.2) is 37.6 Å². The zero-order valence-corrected chi connectivity index (χ0v) is 17.4. The molecule has 0 unspecified atom stereocenters. The van der Waals surface area contributed by atoms with E-state index in [1.54, 1.807) is 45.7 Å². The molecule has 4 rings (SSSR count). The summed E-state index contributed by atoms with van der Waals surface area (Å²) in [6.45, 7) is 0. The van der Waals surface area contributed by atoms with E-state index in [9.17, 15) is 4.79 Å². The second kappa shape index (κ2) is 8.71. The summed E-state index contributed by atoms with van der Waals surface area (Å²) in [6, 6.07) is 16.7. The highest BCUT2D eigenvalue weighted by atomic mass is 16.5. The van der Waals surface area contributed by atoms with Gasteiger partial charge in [0.1, 0.15) is 17.2 Å². The smallest absolute Gasteiger partial charge is 0.227 e. The topological polar surface area (TPSA) is 82.6 Å². The molecule has 0 bridgehead atoms. The first-order valence-corrected chi connectivity index (χ1v) is 9.54. The molecular weight excluding hydrogens is 394 g/mol. The lowest BCUT2D eigenvalue weighted by Gasteiger charge is -2.12. The van der Waals surface area contributed by atoms with E-state index >= 15 is 0 Å². The molecule has 0 radical (unpaired) electrons. The van der Waals surface area contributed by atoms with Gasteiger partial charge in [0.2, 0.25) is 5.95 Å². The normalized spacial score (nSPS) is 10.5. The van der Waals surface area contributed by atoms with Crippen molar-refractivity contribution in [3.8, 4) is 28.4 Å². The molecule has 1 heterocycles. The summed E-state index contributed by atoms with van der Waals surface area (Å²) < 4.78 is 16.1.